The molecule has 0 bridgehead atoms. The van der Waals surface area contributed by atoms with Gasteiger partial charge in [-0.3, -0.25) is 4.79 Å². The van der Waals surface area contributed by atoms with Crippen molar-refractivity contribution in [2.45, 2.75) is 23.6 Å². The minimum Gasteiger partial charge on any atom is -0.465 e. The number of esters is 1. The Morgan fingerprint density at radius 3 is 2.44 bits per heavy atom. The van der Waals surface area contributed by atoms with Gasteiger partial charge in [0.15, 0.2) is 0 Å². The number of carbonyl (C=O) groups is 1. The molecular weight excluding hydrogens is 384 g/mol. The third-order valence-electron chi connectivity index (χ3n) is 3.56. The molecule has 6 nitrogen and oxygen atoms in total. The number of ether oxygens (including phenoxy) is 1. The first-order chi connectivity index (χ1) is 13.0. The smallest absolute Gasteiger partial charge is 0.325 e. The van der Waals surface area contributed by atoms with Gasteiger partial charge in [0.1, 0.15) is 6.04 Å². The summed E-state index contributed by atoms with van der Waals surface area (Å²) in [6, 6.07) is 16.1. The number of nitrogens with zero attached hydrogens (tertiary/aromatic N) is 1. The summed E-state index contributed by atoms with van der Waals surface area (Å²) in [6.45, 7) is 1.83. The van der Waals surface area contributed by atoms with E-state index in [0.717, 1.165) is 5.56 Å². The molecule has 0 radical (unpaired) electrons. The number of benzene rings is 2. The van der Waals surface area contributed by atoms with Gasteiger partial charge < -0.3 is 4.74 Å². The normalized spacial score (nSPS) is 12.1. The van der Waals surface area contributed by atoms with E-state index in [0.29, 0.717) is 11.3 Å². The first-order valence-electron chi connectivity index (χ1n) is 8.27. The molecule has 0 aromatic heterocycles. The number of hydrogen-bond acceptors (Lipinski definition) is 6. The highest BCUT2D eigenvalue weighted by atomic mass is 32.2. The van der Waals surface area contributed by atoms with Crippen LogP contribution in [0.25, 0.3) is 0 Å². The minimum atomic E-state index is -3.92. The van der Waals surface area contributed by atoms with Gasteiger partial charge in [-0.2, -0.15) is 21.7 Å². The molecule has 0 heterocycles. The fourth-order valence-corrected chi connectivity index (χ4v) is 4.52. The lowest BCUT2D eigenvalue weighted by Crippen LogP contribution is -2.43. The Bertz CT molecular complexity index is 892. The third kappa shape index (κ3) is 6.40. The number of nitrogens with one attached hydrogen (secondary N) is 1. The zero-order valence-corrected chi connectivity index (χ0v) is 16.4. The lowest BCUT2D eigenvalue weighted by atomic mass is 10.2. The standard InChI is InChI=1S/C19H20N2O4S2/c1-2-25-19(22)18(14-26-13-16-6-4-3-5-7-16)21-27(23,24)17-10-8-15(12-20)9-11-17/h3-11,18,21H,2,13-14H2,1H3. The monoisotopic (exact) mass is 404 g/mol. The van der Waals surface area contributed by atoms with Crippen LogP contribution in [0, 0.1) is 11.3 Å². The Morgan fingerprint density at radius 1 is 1.19 bits per heavy atom. The summed E-state index contributed by atoms with van der Waals surface area (Å²) in [6.07, 6.45) is 0. The Hall–Kier alpha value is -2.34. The third-order valence-corrected chi connectivity index (χ3v) is 6.15. The largest absolute Gasteiger partial charge is 0.465 e. The topological polar surface area (TPSA) is 96.3 Å². The number of hydrogen-bond donors (Lipinski definition) is 1. The summed E-state index contributed by atoms with van der Waals surface area (Å²) in [5.41, 5.74) is 1.44. The van der Waals surface area contributed by atoms with E-state index in [1.165, 1.54) is 36.0 Å². The predicted molar refractivity (Wildman–Crippen MR) is 105 cm³/mol. The van der Waals surface area contributed by atoms with E-state index >= 15 is 0 Å². The summed E-state index contributed by atoms with van der Waals surface area (Å²) in [4.78, 5) is 12.2. The Morgan fingerprint density at radius 2 is 1.85 bits per heavy atom. The van der Waals surface area contributed by atoms with Crippen molar-refractivity contribution in [1.29, 1.82) is 5.26 Å². The van der Waals surface area contributed by atoms with Crippen LogP contribution < -0.4 is 4.72 Å². The molecule has 0 saturated heterocycles. The first kappa shape index (κ1) is 21.0. The summed E-state index contributed by atoms with van der Waals surface area (Å²) in [5.74, 6) is 0.272. The second-order valence-corrected chi connectivity index (χ2v) is 8.31. The van der Waals surface area contributed by atoms with Crippen molar-refractivity contribution >= 4 is 27.8 Å². The molecule has 1 unspecified atom stereocenters. The van der Waals surface area contributed by atoms with Gasteiger partial charge in [0.2, 0.25) is 10.0 Å². The van der Waals surface area contributed by atoms with Crippen LogP contribution in [0.15, 0.2) is 59.5 Å². The van der Waals surface area contributed by atoms with E-state index in [4.69, 9.17) is 10.00 Å². The molecule has 0 saturated carbocycles. The van der Waals surface area contributed by atoms with Crippen molar-refractivity contribution in [3.05, 3.63) is 65.7 Å². The van der Waals surface area contributed by atoms with Crippen LogP contribution in [-0.4, -0.2) is 32.8 Å². The van der Waals surface area contributed by atoms with Gasteiger partial charge >= 0.3 is 5.97 Å². The summed E-state index contributed by atoms with van der Waals surface area (Å²) in [5, 5.41) is 8.82. The molecule has 0 aliphatic rings. The van der Waals surface area contributed by atoms with Crippen LogP contribution in [0.2, 0.25) is 0 Å². The number of thioether (sulfide) groups is 1. The predicted octanol–water partition coefficient (Wildman–Crippen LogP) is 2.70. The summed E-state index contributed by atoms with van der Waals surface area (Å²) < 4.78 is 32.6. The second-order valence-electron chi connectivity index (χ2n) is 5.56. The molecule has 2 aromatic carbocycles. The first-order valence-corrected chi connectivity index (χ1v) is 10.9. The van der Waals surface area contributed by atoms with E-state index in [-0.39, 0.29) is 17.3 Å². The highest BCUT2D eigenvalue weighted by molar-refractivity contribution is 7.98. The van der Waals surface area contributed by atoms with Crippen LogP contribution >= 0.6 is 11.8 Å². The molecule has 0 aliphatic carbocycles. The summed E-state index contributed by atoms with van der Waals surface area (Å²) >= 11 is 1.44. The minimum absolute atomic E-state index is 0.0103. The molecule has 0 amide bonds. The van der Waals surface area contributed by atoms with Crippen LogP contribution in [0.1, 0.15) is 18.1 Å². The molecule has 1 atom stereocenters. The van der Waals surface area contributed by atoms with Crippen LogP contribution in [0.5, 0.6) is 0 Å². The van der Waals surface area contributed by atoms with Crippen LogP contribution in [-0.2, 0) is 25.3 Å². The van der Waals surface area contributed by atoms with Gasteiger partial charge in [-0.15, -0.1) is 0 Å². The van der Waals surface area contributed by atoms with E-state index in [2.05, 4.69) is 4.72 Å². The Kier molecular flexibility index (Phi) is 7.85. The van der Waals surface area contributed by atoms with E-state index < -0.39 is 22.0 Å². The van der Waals surface area contributed by atoms with Crippen molar-refractivity contribution < 1.29 is 17.9 Å². The van der Waals surface area contributed by atoms with Crippen molar-refractivity contribution in [3.8, 4) is 6.07 Å². The molecule has 1 N–H and O–H groups in total. The van der Waals surface area contributed by atoms with Gasteiger partial charge in [0.25, 0.3) is 0 Å². The number of rotatable bonds is 9. The van der Waals surface area contributed by atoms with Crippen molar-refractivity contribution in [2.24, 2.45) is 0 Å². The average Bonchev–Trinajstić information content (AvgIpc) is 2.68. The molecule has 0 fully saturated rings. The molecular formula is C19H20N2O4S2. The lowest BCUT2D eigenvalue weighted by Gasteiger charge is -2.17. The highest BCUT2D eigenvalue weighted by Gasteiger charge is 2.26. The molecule has 27 heavy (non-hydrogen) atoms. The van der Waals surface area contributed by atoms with Crippen LogP contribution in [0.4, 0.5) is 0 Å². The second kappa shape index (κ2) is 10.1. The Balaban J connectivity index is 2.08. The number of sulfonamides is 1. The Labute approximate surface area is 163 Å². The fraction of sp³-hybridized carbons (Fsp3) is 0.263. The SMILES string of the molecule is CCOC(=O)C(CSCc1ccccc1)NS(=O)(=O)c1ccc(C#N)cc1. The molecule has 0 aliphatic heterocycles. The maximum atomic E-state index is 12.6. The zero-order chi connectivity index (χ0) is 19.7. The van der Waals surface area contributed by atoms with Crippen molar-refractivity contribution in [3.63, 3.8) is 0 Å². The van der Waals surface area contributed by atoms with Gasteiger partial charge in [-0.05, 0) is 36.8 Å². The molecule has 2 aromatic rings. The lowest BCUT2D eigenvalue weighted by molar-refractivity contribution is -0.144. The zero-order valence-electron chi connectivity index (χ0n) is 14.8. The molecule has 0 spiro atoms. The van der Waals surface area contributed by atoms with Crippen LogP contribution in [0.3, 0.4) is 0 Å². The fourth-order valence-electron chi connectivity index (χ4n) is 2.23. The van der Waals surface area contributed by atoms with Crippen molar-refractivity contribution in [2.75, 3.05) is 12.4 Å². The molecule has 8 heteroatoms. The van der Waals surface area contributed by atoms with Crippen molar-refractivity contribution in [1.82, 2.24) is 4.72 Å². The number of carbonyl (C=O) groups excluding carboxylic acids is 1. The average molecular weight is 405 g/mol. The maximum Gasteiger partial charge on any atom is 0.325 e. The quantitative estimate of drug-likeness (QED) is 0.646. The summed E-state index contributed by atoms with van der Waals surface area (Å²) in [7, 11) is -3.92. The van der Waals surface area contributed by atoms with E-state index in [1.807, 2.05) is 36.4 Å². The van der Waals surface area contributed by atoms with E-state index in [9.17, 15) is 13.2 Å². The van der Waals surface area contributed by atoms with Gasteiger partial charge in [-0.25, -0.2) is 8.42 Å². The van der Waals surface area contributed by atoms with Gasteiger partial charge in [0.05, 0.1) is 23.1 Å². The maximum absolute atomic E-state index is 12.6. The number of nitriles is 1. The highest BCUT2D eigenvalue weighted by Crippen LogP contribution is 2.16. The molecule has 142 valence electrons. The molecule has 2 rings (SSSR count). The van der Waals surface area contributed by atoms with Gasteiger partial charge in [0, 0.05) is 11.5 Å². The van der Waals surface area contributed by atoms with E-state index in [1.54, 1.807) is 6.92 Å². The van der Waals surface area contributed by atoms with Gasteiger partial charge in [-0.1, -0.05) is 30.3 Å².